The van der Waals surface area contributed by atoms with E-state index in [4.69, 9.17) is 1.37 Å². The van der Waals surface area contributed by atoms with Crippen LogP contribution in [0.4, 0.5) is 0 Å². The largest absolute Gasteiger partial charge is 0.376 e. The number of aryl methyl sites for hydroxylation is 1. The van der Waals surface area contributed by atoms with E-state index in [1.807, 2.05) is 0 Å². The molecule has 8 heavy (non-hydrogen) atoms. The Morgan fingerprint density at radius 1 is 1.88 bits per heavy atom. The van der Waals surface area contributed by atoms with Gasteiger partial charge in [0.1, 0.15) is 0 Å². The van der Waals surface area contributed by atoms with Crippen molar-refractivity contribution in [3.05, 3.63) is 24.3 Å². The Labute approximate surface area is 61.6 Å². The van der Waals surface area contributed by atoms with Crippen molar-refractivity contribution in [2.45, 2.75) is 6.90 Å². The number of hydrogen-bond donors (Lipinski definition) is 0. The maximum absolute atomic E-state index is 6.83. The van der Waals surface area contributed by atoms with E-state index in [1.54, 1.807) is 6.20 Å². The van der Waals surface area contributed by atoms with E-state index in [1.165, 1.54) is 6.33 Å². The van der Waals surface area contributed by atoms with E-state index in [0.29, 0.717) is 0 Å². The van der Waals surface area contributed by atoms with Crippen LogP contribution in [0.2, 0.25) is 0 Å². The molecule has 0 amide bonds. The van der Waals surface area contributed by atoms with Crippen LogP contribution in [0.25, 0.3) is 0 Å². The topological polar surface area (TPSA) is 25.8 Å². The molecule has 0 aliphatic rings. The Hall–Kier alpha value is -0.336. The number of aromatic nitrogens is 2. The zero-order chi connectivity index (χ0) is 5.82. The van der Waals surface area contributed by atoms with Crippen LogP contribution in [0.3, 0.4) is 0 Å². The molecule has 0 spiro atoms. The van der Waals surface area contributed by atoms with E-state index in [2.05, 4.69) is 16.2 Å². The molecule has 1 radical (unpaired) electrons. The molecular formula is C5H5N2V-. The first-order chi connectivity index (χ1) is 3.93. The van der Waals surface area contributed by atoms with Gasteiger partial charge in [-0.15, -0.1) is 5.56 Å². The predicted molar refractivity (Wildman–Crippen MR) is 25.6 cm³/mol. The minimum Gasteiger partial charge on any atom is -0.376 e. The molecule has 1 aromatic heterocycles. The molecule has 1 aromatic rings. The molecule has 0 unspecified atom stereocenters. The van der Waals surface area contributed by atoms with Crippen molar-refractivity contribution in [2.75, 3.05) is 0 Å². The number of hydrogen-bond acceptors (Lipinski definition) is 2. The summed E-state index contributed by atoms with van der Waals surface area (Å²) < 4.78 is 6.83. The average Bonchev–Trinajstić information content (AvgIpc) is 1.90. The standard InChI is InChI=1S/C5H5N2.V/c1-5-2-6-4-7-3-5;/h2,4H,1H3;/q-1;/i1D;. The second-order valence-electron chi connectivity index (χ2n) is 1.16. The van der Waals surface area contributed by atoms with Crippen LogP contribution in [-0.4, -0.2) is 9.97 Å². The first-order valence-electron chi connectivity index (χ1n) is 2.60. The predicted octanol–water partition coefficient (Wildman–Crippen LogP) is 0.583. The summed E-state index contributed by atoms with van der Waals surface area (Å²) in [5.41, 5.74) is 0.729. The second-order valence-corrected chi connectivity index (χ2v) is 1.16. The van der Waals surface area contributed by atoms with Gasteiger partial charge in [-0.05, 0) is 6.33 Å². The summed E-state index contributed by atoms with van der Waals surface area (Å²) in [6.45, 7) is 0.209. The van der Waals surface area contributed by atoms with Gasteiger partial charge in [-0.2, -0.15) is 0 Å². The third kappa shape index (κ3) is 2.10. The zero-order valence-corrected chi connectivity index (χ0v) is 5.60. The van der Waals surface area contributed by atoms with Gasteiger partial charge in [-0.3, -0.25) is 0 Å². The van der Waals surface area contributed by atoms with Crippen molar-refractivity contribution < 1.29 is 19.9 Å². The van der Waals surface area contributed by atoms with Crippen LogP contribution in [0.15, 0.2) is 12.5 Å². The molecule has 2 nitrogen and oxygen atoms in total. The summed E-state index contributed by atoms with van der Waals surface area (Å²) >= 11 is 0. The van der Waals surface area contributed by atoms with Crippen molar-refractivity contribution >= 4 is 0 Å². The van der Waals surface area contributed by atoms with Crippen LogP contribution in [-0.2, 0) is 18.6 Å². The fourth-order valence-corrected chi connectivity index (χ4v) is 0.297. The summed E-state index contributed by atoms with van der Waals surface area (Å²) in [6, 6.07) is 0. The van der Waals surface area contributed by atoms with Crippen molar-refractivity contribution in [3.8, 4) is 0 Å². The van der Waals surface area contributed by atoms with E-state index in [9.17, 15) is 0 Å². The molecule has 0 aliphatic carbocycles. The second kappa shape index (κ2) is 3.64. The zero-order valence-electron chi connectivity index (χ0n) is 5.20. The molecule has 41 valence electrons. The van der Waals surface area contributed by atoms with Gasteiger partial charge in [-0.1, -0.05) is 19.3 Å². The van der Waals surface area contributed by atoms with E-state index < -0.39 is 0 Å². The number of rotatable bonds is 0. The van der Waals surface area contributed by atoms with Gasteiger partial charge in [0.15, 0.2) is 0 Å². The molecule has 3 heteroatoms. The molecule has 0 fully saturated rings. The van der Waals surface area contributed by atoms with Gasteiger partial charge < -0.3 is 9.97 Å². The van der Waals surface area contributed by atoms with Gasteiger partial charge in [-0.25, -0.2) is 0 Å². The van der Waals surface area contributed by atoms with E-state index >= 15 is 0 Å². The van der Waals surface area contributed by atoms with Gasteiger partial charge in [0, 0.05) is 19.9 Å². The summed E-state index contributed by atoms with van der Waals surface area (Å²) in [6.07, 6.45) is 5.60. The minimum absolute atomic E-state index is 0. The summed E-state index contributed by atoms with van der Waals surface area (Å²) in [5, 5.41) is 0. The first kappa shape index (κ1) is 5.79. The van der Waals surface area contributed by atoms with Gasteiger partial charge in [0.05, 0.1) is 0 Å². The first-order valence-corrected chi connectivity index (χ1v) is 1.89. The molecular weight excluding hydrogens is 139 g/mol. The van der Waals surface area contributed by atoms with E-state index in [0.717, 1.165) is 5.56 Å². The quantitative estimate of drug-likeness (QED) is 0.499. The fourth-order valence-electron chi connectivity index (χ4n) is 0.297. The Morgan fingerprint density at radius 2 is 2.75 bits per heavy atom. The monoisotopic (exact) mass is 145 g/mol. The van der Waals surface area contributed by atoms with Gasteiger partial charge in [0.2, 0.25) is 0 Å². The molecule has 0 aromatic carbocycles. The molecule has 1 rings (SSSR count). The average molecular weight is 145 g/mol. The van der Waals surface area contributed by atoms with Crippen molar-refractivity contribution in [1.82, 2.24) is 9.97 Å². The van der Waals surface area contributed by atoms with Gasteiger partial charge in [0.25, 0.3) is 0 Å². The molecule has 1 heterocycles. The Morgan fingerprint density at radius 3 is 3.12 bits per heavy atom. The molecule has 0 aliphatic heterocycles. The molecule has 0 saturated heterocycles. The number of nitrogens with zero attached hydrogens (tertiary/aromatic N) is 2. The third-order valence-electron chi connectivity index (χ3n) is 0.563. The van der Waals surface area contributed by atoms with Crippen LogP contribution in [0.1, 0.15) is 6.93 Å². The fraction of sp³-hybridized carbons (Fsp3) is 0.200. The SMILES string of the molecule is [2H]Cc1[c-]ncnc1.[V]. The van der Waals surface area contributed by atoms with Crippen molar-refractivity contribution in [1.29, 1.82) is 0 Å². The normalized spacial score (nSPS) is 9.25. The summed E-state index contributed by atoms with van der Waals surface area (Å²) in [5.74, 6) is 0. The smallest absolute Gasteiger partial charge is 0.0259 e. The maximum Gasteiger partial charge on any atom is 0.0259 e. The maximum atomic E-state index is 6.83. The molecule has 0 atom stereocenters. The van der Waals surface area contributed by atoms with Crippen LogP contribution in [0, 0.1) is 13.1 Å². The summed E-state index contributed by atoms with van der Waals surface area (Å²) in [7, 11) is 0. The Kier molecular flexibility index (Phi) is 2.64. The minimum atomic E-state index is 0. The van der Waals surface area contributed by atoms with Gasteiger partial charge >= 0.3 is 0 Å². The van der Waals surface area contributed by atoms with Crippen LogP contribution >= 0.6 is 0 Å². The van der Waals surface area contributed by atoms with Crippen LogP contribution in [0.5, 0.6) is 0 Å². The molecule has 0 N–H and O–H groups in total. The molecule has 0 bridgehead atoms. The summed E-state index contributed by atoms with van der Waals surface area (Å²) in [4.78, 5) is 7.29. The van der Waals surface area contributed by atoms with E-state index in [-0.39, 0.29) is 25.5 Å². The van der Waals surface area contributed by atoms with Crippen molar-refractivity contribution in [2.24, 2.45) is 0 Å². The van der Waals surface area contributed by atoms with Crippen molar-refractivity contribution in [3.63, 3.8) is 0 Å². The molecule has 0 saturated carbocycles. The Bertz CT molecular complexity index is 156. The third-order valence-corrected chi connectivity index (χ3v) is 0.563. The van der Waals surface area contributed by atoms with Crippen LogP contribution < -0.4 is 0 Å². The Balaban J connectivity index is 0.000000640.